The Balaban J connectivity index is 1.35. The van der Waals surface area contributed by atoms with E-state index in [2.05, 4.69) is 46.1 Å². The number of benzene rings is 1. The third kappa shape index (κ3) is 4.01. The fourth-order valence-electron chi connectivity index (χ4n) is 5.61. The summed E-state index contributed by atoms with van der Waals surface area (Å²) in [5.41, 5.74) is 4.14. The third-order valence-electron chi connectivity index (χ3n) is 7.59. The van der Waals surface area contributed by atoms with Crippen LogP contribution in [0, 0.1) is 5.92 Å². The van der Waals surface area contributed by atoms with Crippen LogP contribution in [0.4, 0.5) is 11.8 Å². The minimum absolute atomic E-state index is 0.269. The summed E-state index contributed by atoms with van der Waals surface area (Å²) in [7, 11) is 0. The lowest BCUT2D eigenvalue weighted by Crippen LogP contribution is -2.38. The fraction of sp³-hybridized carbons (Fsp3) is 0.407. The number of aliphatic hydroxyl groups is 1. The molecule has 0 radical (unpaired) electrons. The second-order valence-electron chi connectivity index (χ2n) is 9.88. The number of carbonyl (C=O) groups excluding carboxylic acids is 1. The summed E-state index contributed by atoms with van der Waals surface area (Å²) in [4.78, 5) is 27.9. The van der Waals surface area contributed by atoms with E-state index in [4.69, 9.17) is 9.97 Å². The number of pyridine rings is 1. The molecule has 1 aromatic carbocycles. The van der Waals surface area contributed by atoms with E-state index in [0.29, 0.717) is 30.9 Å². The molecule has 1 aliphatic carbocycles. The number of nitrogens with one attached hydrogen (secondary N) is 1. The van der Waals surface area contributed by atoms with E-state index in [9.17, 15) is 9.90 Å². The maximum absolute atomic E-state index is 11.9. The number of hydrogen-bond donors (Lipinski definition) is 2. The van der Waals surface area contributed by atoms with Crippen molar-refractivity contribution in [3.63, 3.8) is 0 Å². The van der Waals surface area contributed by atoms with Crippen LogP contribution in [-0.4, -0.2) is 48.6 Å². The van der Waals surface area contributed by atoms with E-state index in [1.807, 2.05) is 18.3 Å². The summed E-state index contributed by atoms with van der Waals surface area (Å²) < 4.78 is 2.42. The molecule has 3 aromatic heterocycles. The number of amides is 1. The minimum atomic E-state index is -0.477. The average molecular weight is 471 g/mol. The molecule has 0 spiro atoms. The molecule has 1 amide bonds. The highest BCUT2D eigenvalue weighted by molar-refractivity contribution is 6.06. The van der Waals surface area contributed by atoms with Crippen molar-refractivity contribution in [1.82, 2.24) is 24.4 Å². The van der Waals surface area contributed by atoms with E-state index < -0.39 is 6.61 Å². The van der Waals surface area contributed by atoms with Crippen LogP contribution < -0.4 is 5.32 Å². The highest BCUT2D eigenvalue weighted by Crippen LogP contribution is 2.38. The Hall–Kier alpha value is -3.52. The van der Waals surface area contributed by atoms with Crippen LogP contribution in [0.25, 0.3) is 21.9 Å². The molecule has 0 saturated heterocycles. The molecule has 1 saturated carbocycles. The molecule has 2 aliphatic rings. The van der Waals surface area contributed by atoms with Gasteiger partial charge < -0.3 is 19.9 Å². The molecule has 0 unspecified atom stereocenters. The second kappa shape index (κ2) is 8.92. The number of nitrogens with zero attached hydrogens (tertiary/aromatic N) is 5. The lowest BCUT2D eigenvalue weighted by molar-refractivity contribution is -0.135. The zero-order valence-corrected chi connectivity index (χ0v) is 19.9. The Kier molecular flexibility index (Phi) is 5.60. The van der Waals surface area contributed by atoms with E-state index in [1.165, 1.54) is 23.7 Å². The largest absolute Gasteiger partial charge is 0.387 e. The van der Waals surface area contributed by atoms with Crippen LogP contribution in [0.5, 0.6) is 0 Å². The monoisotopic (exact) mass is 470 g/mol. The normalized spacial score (nSPS) is 20.2. The number of rotatable bonds is 4. The van der Waals surface area contributed by atoms with Gasteiger partial charge >= 0.3 is 0 Å². The smallest absolute Gasteiger partial charge is 0.248 e. The molecule has 2 N–H and O–H groups in total. The molecule has 8 nitrogen and oxygen atoms in total. The Bertz CT molecular complexity index is 1410. The summed E-state index contributed by atoms with van der Waals surface area (Å²) in [6.07, 6.45) is 7.45. The maximum Gasteiger partial charge on any atom is 0.248 e. The van der Waals surface area contributed by atoms with Gasteiger partial charge in [0.05, 0.1) is 17.8 Å². The van der Waals surface area contributed by atoms with E-state index >= 15 is 0 Å². The molecule has 180 valence electrons. The first kappa shape index (κ1) is 22.0. The molecule has 1 fully saturated rings. The predicted molar refractivity (Wildman–Crippen MR) is 135 cm³/mol. The summed E-state index contributed by atoms with van der Waals surface area (Å²) in [5, 5.41) is 14.8. The zero-order chi connectivity index (χ0) is 23.9. The summed E-state index contributed by atoms with van der Waals surface area (Å²) in [6.45, 7) is 2.87. The number of anilines is 2. The SMILES string of the molecule is C[C@H]1CC[C@H](n2c3ccccc3c3cnc(Nc4ccc5c(n4)CN(C(=O)CO)CC5)nc32)CC1. The van der Waals surface area contributed by atoms with Gasteiger partial charge in [0, 0.05) is 29.6 Å². The molecule has 4 heterocycles. The number of para-hydroxylation sites is 1. The lowest BCUT2D eigenvalue weighted by atomic mass is 9.87. The van der Waals surface area contributed by atoms with Gasteiger partial charge in [0.2, 0.25) is 11.9 Å². The number of carbonyl (C=O) groups is 1. The first-order valence-electron chi connectivity index (χ1n) is 12.5. The van der Waals surface area contributed by atoms with Gasteiger partial charge in [-0.05, 0) is 55.7 Å². The van der Waals surface area contributed by atoms with Crippen LogP contribution in [0.15, 0.2) is 42.6 Å². The van der Waals surface area contributed by atoms with Crippen molar-refractivity contribution in [2.45, 2.75) is 51.6 Å². The van der Waals surface area contributed by atoms with Gasteiger partial charge in [-0.25, -0.2) is 9.97 Å². The third-order valence-corrected chi connectivity index (χ3v) is 7.59. The molecule has 8 heteroatoms. The van der Waals surface area contributed by atoms with E-state index in [1.54, 1.807) is 4.90 Å². The Morgan fingerprint density at radius 2 is 1.91 bits per heavy atom. The summed E-state index contributed by atoms with van der Waals surface area (Å²) in [6, 6.07) is 12.9. The highest BCUT2D eigenvalue weighted by atomic mass is 16.3. The van der Waals surface area contributed by atoms with Crippen LogP contribution in [0.2, 0.25) is 0 Å². The van der Waals surface area contributed by atoms with Crippen molar-refractivity contribution in [3.8, 4) is 0 Å². The molecule has 0 atom stereocenters. The number of aromatic nitrogens is 4. The van der Waals surface area contributed by atoms with Crippen molar-refractivity contribution < 1.29 is 9.90 Å². The summed E-state index contributed by atoms with van der Waals surface area (Å²) >= 11 is 0. The van der Waals surface area contributed by atoms with Crippen LogP contribution in [0.1, 0.15) is 49.9 Å². The van der Waals surface area contributed by atoms with Gasteiger partial charge in [0.1, 0.15) is 18.1 Å². The van der Waals surface area contributed by atoms with Gasteiger partial charge in [-0.15, -0.1) is 0 Å². The Labute approximate surface area is 204 Å². The lowest BCUT2D eigenvalue weighted by Gasteiger charge is -2.28. The first-order valence-corrected chi connectivity index (χ1v) is 12.5. The van der Waals surface area contributed by atoms with Crippen LogP contribution >= 0.6 is 0 Å². The number of aliphatic hydroxyl groups excluding tert-OH is 1. The van der Waals surface area contributed by atoms with Crippen molar-refractivity contribution in [3.05, 3.63) is 53.9 Å². The highest BCUT2D eigenvalue weighted by Gasteiger charge is 2.25. The number of hydrogen-bond acceptors (Lipinski definition) is 6. The molecule has 1 aliphatic heterocycles. The average Bonchev–Trinajstić information content (AvgIpc) is 3.22. The fourth-order valence-corrected chi connectivity index (χ4v) is 5.61. The quantitative estimate of drug-likeness (QED) is 0.460. The first-order chi connectivity index (χ1) is 17.1. The molecule has 0 bridgehead atoms. The summed E-state index contributed by atoms with van der Waals surface area (Å²) in [5.74, 6) is 1.67. The molecular weight excluding hydrogens is 440 g/mol. The maximum atomic E-state index is 11.9. The van der Waals surface area contributed by atoms with Crippen molar-refractivity contribution in [2.24, 2.45) is 5.92 Å². The zero-order valence-electron chi connectivity index (χ0n) is 19.9. The molecule has 35 heavy (non-hydrogen) atoms. The van der Waals surface area contributed by atoms with Gasteiger partial charge in [0.25, 0.3) is 0 Å². The Morgan fingerprint density at radius 1 is 1.09 bits per heavy atom. The topological polar surface area (TPSA) is 96.2 Å². The van der Waals surface area contributed by atoms with Crippen molar-refractivity contribution in [2.75, 3.05) is 18.5 Å². The Morgan fingerprint density at radius 3 is 2.74 bits per heavy atom. The van der Waals surface area contributed by atoms with Crippen molar-refractivity contribution >= 4 is 39.6 Å². The molecule has 6 rings (SSSR count). The van der Waals surface area contributed by atoms with Gasteiger partial charge in [0.15, 0.2) is 0 Å². The molecule has 4 aromatic rings. The number of fused-ring (bicyclic) bond motifs is 4. The predicted octanol–water partition coefficient (Wildman–Crippen LogP) is 4.35. The standard InChI is InChI=1S/C27H30N6O2/c1-17-6-9-19(10-7-17)33-23-5-3-2-4-20(23)21-14-28-27(31-26(21)33)30-24-11-8-18-12-13-32(25(35)16-34)15-22(18)29-24/h2-5,8,11,14,17,19,34H,6-7,9-10,12-13,15-16H2,1H3,(H,28,29,30,31)/t17-,19-. The van der Waals surface area contributed by atoms with Gasteiger partial charge in [-0.1, -0.05) is 31.2 Å². The minimum Gasteiger partial charge on any atom is -0.387 e. The van der Waals surface area contributed by atoms with Crippen LogP contribution in [-0.2, 0) is 17.8 Å². The second-order valence-corrected chi connectivity index (χ2v) is 9.88. The van der Waals surface area contributed by atoms with E-state index in [-0.39, 0.29) is 5.91 Å². The van der Waals surface area contributed by atoms with E-state index in [0.717, 1.165) is 47.5 Å². The van der Waals surface area contributed by atoms with Gasteiger partial charge in [-0.3, -0.25) is 4.79 Å². The van der Waals surface area contributed by atoms with Crippen LogP contribution in [0.3, 0.4) is 0 Å². The van der Waals surface area contributed by atoms with Gasteiger partial charge in [-0.2, -0.15) is 4.98 Å². The molecular formula is C27H30N6O2. The van der Waals surface area contributed by atoms with Crippen molar-refractivity contribution in [1.29, 1.82) is 0 Å².